The summed E-state index contributed by atoms with van der Waals surface area (Å²) in [5.74, 6) is 0.888. The molecule has 5 nitrogen and oxygen atoms in total. The van der Waals surface area contributed by atoms with Crippen molar-refractivity contribution in [2.45, 2.75) is 38.6 Å². The largest absolute Gasteiger partial charge is 0.496 e. The molecule has 0 fully saturated rings. The molecule has 0 saturated heterocycles. The van der Waals surface area contributed by atoms with Gasteiger partial charge in [0.15, 0.2) is 0 Å². The number of carbonyl (C=O) groups excluding carboxylic acids is 1. The Morgan fingerprint density at radius 2 is 2.07 bits per heavy atom. The number of anilines is 1. The van der Waals surface area contributed by atoms with E-state index in [4.69, 9.17) is 4.74 Å². The Hall–Kier alpha value is -2.34. The van der Waals surface area contributed by atoms with Crippen molar-refractivity contribution in [3.05, 3.63) is 57.6 Å². The zero-order valence-corrected chi connectivity index (χ0v) is 18.5. The van der Waals surface area contributed by atoms with Crippen molar-refractivity contribution in [3.8, 4) is 5.75 Å². The molecule has 1 unspecified atom stereocenters. The number of ether oxygens (including phenoxy) is 1. The van der Waals surface area contributed by atoms with E-state index in [1.54, 1.807) is 19.4 Å². The number of rotatable bonds is 4. The van der Waals surface area contributed by atoms with Gasteiger partial charge in [0, 0.05) is 34.4 Å². The van der Waals surface area contributed by atoms with Gasteiger partial charge < -0.3 is 9.64 Å². The number of nitrogens with zero attached hydrogens (tertiary/aromatic N) is 2. The summed E-state index contributed by atoms with van der Waals surface area (Å²) in [6.45, 7) is 6.76. The van der Waals surface area contributed by atoms with Crippen molar-refractivity contribution in [3.63, 3.8) is 0 Å². The molecule has 28 heavy (non-hydrogen) atoms. The predicted octanol–water partition coefficient (Wildman–Crippen LogP) is 4.94. The number of methoxy groups -OCH3 is 1. The Bertz CT molecular complexity index is 924. The molecule has 1 N–H and O–H groups in total. The van der Waals surface area contributed by atoms with Crippen molar-refractivity contribution in [1.29, 1.82) is 0 Å². The van der Waals surface area contributed by atoms with E-state index < -0.39 is 0 Å². The summed E-state index contributed by atoms with van der Waals surface area (Å²) in [6.07, 6.45) is 2.71. The normalized spacial score (nSPS) is 18.1. The summed E-state index contributed by atoms with van der Waals surface area (Å²) in [6, 6.07) is 11.4. The minimum absolute atomic E-state index is 0.0874. The lowest BCUT2D eigenvalue weighted by atomic mass is 9.80. The molecule has 0 radical (unpaired) electrons. The molecule has 0 bridgehead atoms. The summed E-state index contributed by atoms with van der Waals surface area (Å²) >= 11 is 3.38. The van der Waals surface area contributed by atoms with Crippen molar-refractivity contribution < 1.29 is 9.53 Å². The number of benzene rings is 2. The van der Waals surface area contributed by atoms with Gasteiger partial charge >= 0.3 is 0 Å². The number of fused-ring (bicyclic) bond motifs is 1. The van der Waals surface area contributed by atoms with Crippen LogP contribution in [0.5, 0.6) is 5.75 Å². The molecular weight excluding hydrogens is 418 g/mol. The fraction of sp³-hybridized carbons (Fsp3) is 0.364. The second-order valence-electron chi connectivity index (χ2n) is 7.81. The number of hydrogen-bond acceptors (Lipinski definition) is 4. The van der Waals surface area contributed by atoms with E-state index in [0.29, 0.717) is 11.5 Å². The molecule has 0 aliphatic carbocycles. The standard InChI is InChI=1S/C22H26BrN3O2/c1-14-12-22(2,3)26(4)19-11-20(28-5)15(10-17(14)19)13-24-25-21(27)16-8-6-7-9-18(16)23/h6-11,13-14H,12H2,1-5H3,(H,25,27)/b24-13-. The SMILES string of the molecule is COc1cc2c(cc1/C=N\NC(=O)c1ccccc1Br)C(C)CC(C)(C)N2C. The first kappa shape index (κ1) is 20.4. The van der Waals surface area contributed by atoms with Crippen molar-refractivity contribution in [1.82, 2.24) is 5.43 Å². The molecule has 1 heterocycles. The van der Waals surface area contributed by atoms with Crippen LogP contribution in [0.1, 0.15) is 54.6 Å². The maximum absolute atomic E-state index is 12.3. The molecule has 3 rings (SSSR count). The maximum atomic E-state index is 12.3. The monoisotopic (exact) mass is 443 g/mol. The second kappa shape index (κ2) is 7.95. The van der Waals surface area contributed by atoms with Gasteiger partial charge in [0.2, 0.25) is 0 Å². The first-order valence-corrected chi connectivity index (χ1v) is 10.1. The van der Waals surface area contributed by atoms with Crippen LogP contribution in [0.3, 0.4) is 0 Å². The Morgan fingerprint density at radius 3 is 2.75 bits per heavy atom. The first-order valence-electron chi connectivity index (χ1n) is 9.28. The lowest BCUT2D eigenvalue weighted by Crippen LogP contribution is -2.45. The summed E-state index contributed by atoms with van der Waals surface area (Å²) in [5.41, 5.74) is 6.49. The molecule has 0 spiro atoms. The van der Waals surface area contributed by atoms with Crippen LogP contribution in [0.15, 0.2) is 46.0 Å². The van der Waals surface area contributed by atoms with Crippen molar-refractivity contribution in [2.75, 3.05) is 19.1 Å². The third-order valence-electron chi connectivity index (χ3n) is 5.47. The molecular formula is C22H26BrN3O2. The van der Waals surface area contributed by atoms with Crippen LogP contribution in [0.25, 0.3) is 0 Å². The summed E-state index contributed by atoms with van der Waals surface area (Å²) in [5, 5.41) is 4.15. The van der Waals surface area contributed by atoms with Gasteiger partial charge in [-0.3, -0.25) is 4.79 Å². The molecule has 1 atom stereocenters. The quantitative estimate of drug-likeness (QED) is 0.537. The molecule has 0 saturated carbocycles. The predicted molar refractivity (Wildman–Crippen MR) is 118 cm³/mol. The Morgan fingerprint density at radius 1 is 1.36 bits per heavy atom. The smallest absolute Gasteiger partial charge is 0.272 e. The highest BCUT2D eigenvalue weighted by molar-refractivity contribution is 9.10. The Labute approximate surface area is 174 Å². The van der Waals surface area contributed by atoms with Crippen LogP contribution in [-0.4, -0.2) is 31.8 Å². The van der Waals surface area contributed by atoms with Gasteiger partial charge in [-0.15, -0.1) is 0 Å². The van der Waals surface area contributed by atoms with Crippen LogP contribution in [0, 0.1) is 0 Å². The zero-order chi connectivity index (χ0) is 20.5. The van der Waals surface area contributed by atoms with Gasteiger partial charge in [-0.1, -0.05) is 19.1 Å². The lowest BCUT2D eigenvalue weighted by Gasteiger charge is -2.45. The topological polar surface area (TPSA) is 53.9 Å². The van der Waals surface area contributed by atoms with Crippen LogP contribution >= 0.6 is 15.9 Å². The third kappa shape index (κ3) is 3.92. The minimum atomic E-state index is -0.268. The van der Waals surface area contributed by atoms with E-state index in [2.05, 4.69) is 71.3 Å². The lowest BCUT2D eigenvalue weighted by molar-refractivity contribution is 0.0954. The fourth-order valence-electron chi connectivity index (χ4n) is 3.75. The average molecular weight is 444 g/mol. The molecule has 2 aromatic rings. The second-order valence-corrected chi connectivity index (χ2v) is 8.66. The van der Waals surface area contributed by atoms with E-state index in [1.807, 2.05) is 18.2 Å². The van der Waals surface area contributed by atoms with E-state index in [-0.39, 0.29) is 11.4 Å². The average Bonchev–Trinajstić information content (AvgIpc) is 2.65. The Kier molecular flexibility index (Phi) is 5.79. The molecule has 1 aliphatic rings. The highest BCUT2D eigenvalue weighted by Gasteiger charge is 2.34. The molecule has 148 valence electrons. The highest BCUT2D eigenvalue weighted by atomic mass is 79.9. The van der Waals surface area contributed by atoms with Crippen LogP contribution < -0.4 is 15.1 Å². The van der Waals surface area contributed by atoms with Gasteiger partial charge in [0.25, 0.3) is 5.91 Å². The number of nitrogens with one attached hydrogen (secondary N) is 1. The van der Waals surface area contributed by atoms with Gasteiger partial charge in [-0.2, -0.15) is 5.10 Å². The zero-order valence-electron chi connectivity index (χ0n) is 16.9. The molecule has 1 amide bonds. The number of halogens is 1. The third-order valence-corrected chi connectivity index (χ3v) is 6.16. The number of hydrogen-bond donors (Lipinski definition) is 1. The van der Waals surface area contributed by atoms with E-state index in [1.165, 1.54) is 11.3 Å². The van der Waals surface area contributed by atoms with E-state index in [9.17, 15) is 4.79 Å². The van der Waals surface area contributed by atoms with Crippen molar-refractivity contribution in [2.24, 2.45) is 5.10 Å². The maximum Gasteiger partial charge on any atom is 0.272 e. The minimum Gasteiger partial charge on any atom is -0.496 e. The molecule has 2 aromatic carbocycles. The van der Waals surface area contributed by atoms with Gasteiger partial charge in [-0.05, 0) is 65.9 Å². The number of hydrazone groups is 1. The molecule has 1 aliphatic heterocycles. The summed E-state index contributed by atoms with van der Waals surface area (Å²) < 4.78 is 6.32. The van der Waals surface area contributed by atoms with Gasteiger partial charge in [0.05, 0.1) is 18.9 Å². The first-order chi connectivity index (χ1) is 13.2. The van der Waals surface area contributed by atoms with Crippen LogP contribution in [-0.2, 0) is 0 Å². The van der Waals surface area contributed by atoms with Gasteiger partial charge in [0.1, 0.15) is 5.75 Å². The van der Waals surface area contributed by atoms with Crippen molar-refractivity contribution >= 4 is 33.7 Å². The van der Waals surface area contributed by atoms with Crippen LogP contribution in [0.4, 0.5) is 5.69 Å². The Balaban J connectivity index is 1.87. The van der Waals surface area contributed by atoms with Crippen LogP contribution in [0.2, 0.25) is 0 Å². The fourth-order valence-corrected chi connectivity index (χ4v) is 4.22. The molecule has 6 heteroatoms. The van der Waals surface area contributed by atoms with Gasteiger partial charge in [-0.25, -0.2) is 5.43 Å². The summed E-state index contributed by atoms with van der Waals surface area (Å²) in [4.78, 5) is 14.6. The summed E-state index contributed by atoms with van der Waals surface area (Å²) in [7, 11) is 3.77. The molecule has 0 aromatic heterocycles. The van der Waals surface area contributed by atoms with E-state index >= 15 is 0 Å². The van der Waals surface area contributed by atoms with E-state index in [0.717, 1.165) is 22.2 Å². The number of amides is 1. The number of carbonyl (C=O) groups is 1. The highest BCUT2D eigenvalue weighted by Crippen LogP contribution is 2.44.